The molecule has 0 N–H and O–H groups in total. The van der Waals surface area contributed by atoms with Gasteiger partial charge in [0.1, 0.15) is 0 Å². The lowest BCUT2D eigenvalue weighted by Crippen LogP contribution is -2.29. The molecular weight excluding hydrogens is 265 g/mol. The Bertz CT molecular complexity index is 706. The molecule has 1 aromatic carbocycles. The first-order chi connectivity index (χ1) is 8.79. The Hall–Kier alpha value is -2.38. The second-order valence-electron chi connectivity index (χ2n) is 3.85. The third kappa shape index (κ3) is 2.56. The van der Waals surface area contributed by atoms with E-state index < -0.39 is 29.0 Å². The number of fused-ring (bicyclic) bond motifs is 1. The second kappa shape index (κ2) is 4.38. The lowest BCUT2D eigenvalue weighted by atomic mass is 10.1. The first kappa shape index (κ1) is 13.1. The summed E-state index contributed by atoms with van der Waals surface area (Å²) in [5.41, 5.74) is -1.03. The Labute approximate surface area is 104 Å². The number of nitrogens with zero attached hydrogens (tertiary/aromatic N) is 2. The standard InChI is InChI=1S/C11H7F3N2O3/c12-11(13,14)6-15-9(16(18)19)5-7-3-1-2-4-8(7)10(15)17/h1-5H,6H2. The molecule has 8 heteroatoms. The molecule has 5 nitrogen and oxygen atoms in total. The monoisotopic (exact) mass is 272 g/mol. The summed E-state index contributed by atoms with van der Waals surface area (Å²) in [5.74, 6) is -0.874. The van der Waals surface area contributed by atoms with Gasteiger partial charge in [0.15, 0.2) is 6.54 Å². The molecule has 0 unspecified atom stereocenters. The van der Waals surface area contributed by atoms with Gasteiger partial charge < -0.3 is 10.1 Å². The summed E-state index contributed by atoms with van der Waals surface area (Å²) >= 11 is 0. The molecule has 0 aliphatic rings. The zero-order valence-electron chi connectivity index (χ0n) is 9.35. The predicted molar refractivity (Wildman–Crippen MR) is 60.9 cm³/mol. The topological polar surface area (TPSA) is 65.1 Å². The highest BCUT2D eigenvalue weighted by atomic mass is 19.4. The van der Waals surface area contributed by atoms with Gasteiger partial charge in [-0.25, -0.2) is 4.79 Å². The van der Waals surface area contributed by atoms with Crippen LogP contribution in [-0.2, 0) is 6.54 Å². The van der Waals surface area contributed by atoms with Crippen LogP contribution in [0.15, 0.2) is 35.1 Å². The SMILES string of the molecule is O=c1c2ccccc2cc([N+](=O)[O-])n1CC(F)(F)F. The number of hydrogen-bond donors (Lipinski definition) is 0. The maximum absolute atomic E-state index is 12.4. The Kier molecular flexibility index (Phi) is 3.01. The summed E-state index contributed by atoms with van der Waals surface area (Å²) in [6.45, 7) is -1.69. The molecule has 2 rings (SSSR count). The van der Waals surface area contributed by atoms with E-state index in [2.05, 4.69) is 0 Å². The van der Waals surface area contributed by atoms with E-state index >= 15 is 0 Å². The lowest BCUT2D eigenvalue weighted by Gasteiger charge is -2.09. The fourth-order valence-electron chi connectivity index (χ4n) is 1.77. The summed E-state index contributed by atoms with van der Waals surface area (Å²) in [4.78, 5) is 21.7. The predicted octanol–water partition coefficient (Wildman–Crippen LogP) is 2.47. The zero-order valence-corrected chi connectivity index (χ0v) is 9.35. The van der Waals surface area contributed by atoms with Crippen molar-refractivity contribution in [1.29, 1.82) is 0 Å². The second-order valence-corrected chi connectivity index (χ2v) is 3.85. The third-order valence-electron chi connectivity index (χ3n) is 2.52. The quantitative estimate of drug-likeness (QED) is 0.623. The number of hydrogen-bond acceptors (Lipinski definition) is 3. The van der Waals surface area contributed by atoms with Gasteiger partial charge in [0.05, 0.1) is 5.39 Å². The van der Waals surface area contributed by atoms with Crippen LogP contribution in [0.4, 0.5) is 19.0 Å². The molecule has 0 amide bonds. The van der Waals surface area contributed by atoms with E-state index in [0.29, 0.717) is 0 Å². The van der Waals surface area contributed by atoms with Crippen LogP contribution in [0.25, 0.3) is 10.8 Å². The minimum atomic E-state index is -4.71. The van der Waals surface area contributed by atoms with Crippen LogP contribution in [0, 0.1) is 10.1 Å². The summed E-state index contributed by atoms with van der Waals surface area (Å²) in [5, 5.41) is 11.0. The number of nitro groups is 1. The van der Waals surface area contributed by atoms with Crippen LogP contribution in [0.1, 0.15) is 0 Å². The molecule has 0 radical (unpaired) electrons. The van der Waals surface area contributed by atoms with E-state index in [1.54, 1.807) is 6.07 Å². The molecule has 0 atom stereocenters. The molecule has 0 aliphatic heterocycles. The normalized spacial score (nSPS) is 11.7. The van der Waals surface area contributed by atoms with Gasteiger partial charge in [0.25, 0.3) is 0 Å². The van der Waals surface area contributed by atoms with E-state index in [1.165, 1.54) is 18.2 Å². The number of aromatic nitrogens is 1. The van der Waals surface area contributed by atoms with E-state index in [9.17, 15) is 28.1 Å². The van der Waals surface area contributed by atoms with Gasteiger partial charge in [-0.2, -0.15) is 17.7 Å². The largest absolute Gasteiger partial charge is 0.426 e. The van der Waals surface area contributed by atoms with Crippen LogP contribution in [-0.4, -0.2) is 15.7 Å². The summed E-state index contributed by atoms with van der Waals surface area (Å²) in [6, 6.07) is 6.74. The minimum Gasteiger partial charge on any atom is -0.358 e. The van der Waals surface area contributed by atoms with Crippen molar-refractivity contribution < 1.29 is 18.1 Å². The van der Waals surface area contributed by atoms with Crippen molar-refractivity contribution in [3.63, 3.8) is 0 Å². The van der Waals surface area contributed by atoms with Gasteiger partial charge in [-0.05, 0) is 16.4 Å². The van der Waals surface area contributed by atoms with Crippen molar-refractivity contribution in [3.05, 3.63) is 50.8 Å². The highest BCUT2D eigenvalue weighted by Crippen LogP contribution is 2.22. The molecule has 0 fully saturated rings. The molecule has 19 heavy (non-hydrogen) atoms. The van der Waals surface area contributed by atoms with E-state index in [-0.39, 0.29) is 15.3 Å². The number of benzene rings is 1. The van der Waals surface area contributed by atoms with E-state index in [0.717, 1.165) is 6.07 Å². The first-order valence-electron chi connectivity index (χ1n) is 5.13. The summed E-state index contributed by atoms with van der Waals surface area (Å²) < 4.78 is 37.3. The highest BCUT2D eigenvalue weighted by molar-refractivity contribution is 5.83. The fourth-order valence-corrected chi connectivity index (χ4v) is 1.77. The average Bonchev–Trinajstić information content (AvgIpc) is 2.31. The Morgan fingerprint density at radius 3 is 2.47 bits per heavy atom. The van der Waals surface area contributed by atoms with Crippen molar-refractivity contribution in [1.82, 2.24) is 4.57 Å². The Morgan fingerprint density at radius 1 is 1.26 bits per heavy atom. The first-order valence-corrected chi connectivity index (χ1v) is 5.13. The van der Waals surface area contributed by atoms with Gasteiger partial charge in [0.2, 0.25) is 0 Å². The summed E-state index contributed by atoms with van der Waals surface area (Å²) in [6.07, 6.45) is -4.71. The minimum absolute atomic E-state index is 0.0114. The number of alkyl halides is 3. The van der Waals surface area contributed by atoms with Crippen molar-refractivity contribution >= 4 is 16.6 Å². The molecule has 0 saturated heterocycles. The summed E-state index contributed by atoms with van der Waals surface area (Å²) in [7, 11) is 0. The van der Waals surface area contributed by atoms with Crippen LogP contribution >= 0.6 is 0 Å². The maximum atomic E-state index is 12.4. The lowest BCUT2D eigenvalue weighted by molar-refractivity contribution is -0.393. The number of rotatable bonds is 2. The van der Waals surface area contributed by atoms with Crippen molar-refractivity contribution in [2.24, 2.45) is 0 Å². The van der Waals surface area contributed by atoms with Crippen molar-refractivity contribution in [3.8, 4) is 0 Å². The molecule has 100 valence electrons. The van der Waals surface area contributed by atoms with Gasteiger partial charge >= 0.3 is 17.6 Å². The van der Waals surface area contributed by atoms with Gasteiger partial charge in [-0.1, -0.05) is 18.2 Å². The number of halogens is 3. The van der Waals surface area contributed by atoms with E-state index in [4.69, 9.17) is 0 Å². The van der Waals surface area contributed by atoms with Crippen molar-refractivity contribution in [2.45, 2.75) is 12.7 Å². The Morgan fingerprint density at radius 2 is 1.89 bits per heavy atom. The molecule has 0 spiro atoms. The number of pyridine rings is 1. The third-order valence-corrected chi connectivity index (χ3v) is 2.52. The van der Waals surface area contributed by atoms with Crippen molar-refractivity contribution in [2.75, 3.05) is 0 Å². The Balaban J connectivity index is 2.79. The molecule has 0 aliphatic carbocycles. The van der Waals surface area contributed by atoms with E-state index in [1.807, 2.05) is 0 Å². The smallest absolute Gasteiger partial charge is 0.358 e. The zero-order chi connectivity index (χ0) is 14.2. The van der Waals surface area contributed by atoms with Crippen LogP contribution in [0.2, 0.25) is 0 Å². The molecule has 2 aromatic rings. The highest BCUT2D eigenvalue weighted by Gasteiger charge is 2.34. The van der Waals surface area contributed by atoms with Gasteiger partial charge in [-0.15, -0.1) is 0 Å². The van der Waals surface area contributed by atoms with Gasteiger partial charge in [-0.3, -0.25) is 0 Å². The molecule has 1 aromatic heterocycles. The maximum Gasteiger partial charge on any atom is 0.426 e. The molecule has 0 bridgehead atoms. The molecular formula is C11H7F3N2O3. The fraction of sp³-hybridized carbons (Fsp3) is 0.182. The van der Waals surface area contributed by atoms with Crippen LogP contribution in [0.3, 0.4) is 0 Å². The average molecular weight is 272 g/mol. The van der Waals surface area contributed by atoms with Gasteiger partial charge in [0, 0.05) is 6.07 Å². The van der Waals surface area contributed by atoms with Crippen LogP contribution < -0.4 is 5.56 Å². The molecule has 0 saturated carbocycles. The molecule has 1 heterocycles. The van der Waals surface area contributed by atoms with Crippen LogP contribution in [0.5, 0.6) is 0 Å².